The molecule has 0 radical (unpaired) electrons. The number of nitriles is 1. The van der Waals surface area contributed by atoms with Gasteiger partial charge in [0.15, 0.2) is 5.82 Å². The van der Waals surface area contributed by atoms with Gasteiger partial charge in [-0.05, 0) is 25.5 Å². The maximum Gasteiger partial charge on any atom is 0.249 e. The molecule has 2 aromatic rings. The Morgan fingerprint density at radius 2 is 2.15 bits per heavy atom. The molecule has 2 rings (SSSR count). The van der Waals surface area contributed by atoms with Crippen LogP contribution in [0.3, 0.4) is 0 Å². The molecule has 2 N–H and O–H groups in total. The van der Waals surface area contributed by atoms with Crippen molar-refractivity contribution in [2.45, 2.75) is 26.3 Å². The van der Waals surface area contributed by atoms with Crippen molar-refractivity contribution in [2.75, 3.05) is 10.6 Å². The van der Waals surface area contributed by atoms with Gasteiger partial charge in [-0.25, -0.2) is 0 Å². The van der Waals surface area contributed by atoms with Crippen LogP contribution >= 0.6 is 0 Å². The molecule has 0 aliphatic rings. The summed E-state index contributed by atoms with van der Waals surface area (Å²) in [6.07, 6.45) is 2.57. The average molecular weight is 268 g/mol. The molecule has 0 aliphatic carbocycles. The highest BCUT2D eigenvalue weighted by molar-refractivity contribution is 5.63. The molecule has 1 atom stereocenters. The molecule has 1 heterocycles. The number of hydrogen-bond donors (Lipinski definition) is 2. The Morgan fingerprint density at radius 1 is 1.35 bits per heavy atom. The predicted molar refractivity (Wildman–Crippen MR) is 77.6 cm³/mol. The second-order valence-electron chi connectivity index (χ2n) is 4.40. The van der Waals surface area contributed by atoms with E-state index in [0.717, 1.165) is 6.42 Å². The van der Waals surface area contributed by atoms with Gasteiger partial charge in [0.05, 0.1) is 17.4 Å². The van der Waals surface area contributed by atoms with Crippen LogP contribution < -0.4 is 10.6 Å². The number of benzene rings is 1. The summed E-state index contributed by atoms with van der Waals surface area (Å²) < 4.78 is 0. The zero-order valence-electron chi connectivity index (χ0n) is 11.5. The first-order valence-corrected chi connectivity index (χ1v) is 6.45. The summed E-state index contributed by atoms with van der Waals surface area (Å²) >= 11 is 0. The van der Waals surface area contributed by atoms with Crippen molar-refractivity contribution in [3.05, 3.63) is 36.0 Å². The molecule has 0 bridgehead atoms. The third kappa shape index (κ3) is 3.42. The first kappa shape index (κ1) is 13.7. The van der Waals surface area contributed by atoms with Gasteiger partial charge in [-0.2, -0.15) is 15.3 Å². The van der Waals surface area contributed by atoms with E-state index in [9.17, 15) is 0 Å². The summed E-state index contributed by atoms with van der Waals surface area (Å²) in [5, 5.41) is 23.1. The predicted octanol–water partition coefficient (Wildman–Crippen LogP) is 2.70. The molecule has 1 unspecified atom stereocenters. The lowest BCUT2D eigenvalue weighted by atomic mass is 10.2. The van der Waals surface area contributed by atoms with E-state index >= 15 is 0 Å². The third-order valence-corrected chi connectivity index (χ3v) is 2.86. The average Bonchev–Trinajstić information content (AvgIpc) is 2.48. The van der Waals surface area contributed by atoms with Crippen LogP contribution in [0.5, 0.6) is 0 Å². The van der Waals surface area contributed by atoms with Gasteiger partial charge in [0, 0.05) is 6.04 Å². The molecule has 0 amide bonds. The summed E-state index contributed by atoms with van der Waals surface area (Å²) in [7, 11) is 0. The zero-order valence-corrected chi connectivity index (χ0v) is 11.5. The number of nitrogens with zero attached hydrogens (tertiary/aromatic N) is 4. The fraction of sp³-hybridized carbons (Fsp3) is 0.286. The highest BCUT2D eigenvalue weighted by Gasteiger charge is 2.06. The van der Waals surface area contributed by atoms with Crippen molar-refractivity contribution in [3.63, 3.8) is 0 Å². The van der Waals surface area contributed by atoms with Crippen LogP contribution in [0.1, 0.15) is 25.8 Å². The van der Waals surface area contributed by atoms with Gasteiger partial charge in [0.2, 0.25) is 5.95 Å². The minimum absolute atomic E-state index is 0.311. The lowest BCUT2D eigenvalue weighted by Crippen LogP contribution is -2.15. The molecule has 6 heteroatoms. The zero-order chi connectivity index (χ0) is 14.4. The first-order valence-electron chi connectivity index (χ1n) is 6.45. The van der Waals surface area contributed by atoms with Crippen LogP contribution in [0.2, 0.25) is 0 Å². The quantitative estimate of drug-likeness (QED) is 0.867. The van der Waals surface area contributed by atoms with Crippen molar-refractivity contribution < 1.29 is 0 Å². The van der Waals surface area contributed by atoms with E-state index in [2.05, 4.69) is 45.7 Å². The summed E-state index contributed by atoms with van der Waals surface area (Å²) in [5.74, 6) is 1.02. The third-order valence-electron chi connectivity index (χ3n) is 2.86. The molecule has 6 nitrogen and oxygen atoms in total. The lowest BCUT2D eigenvalue weighted by Gasteiger charge is -2.12. The van der Waals surface area contributed by atoms with Crippen LogP contribution in [-0.4, -0.2) is 21.2 Å². The molecular formula is C14H16N6. The Kier molecular flexibility index (Phi) is 4.45. The van der Waals surface area contributed by atoms with Crippen LogP contribution in [0.15, 0.2) is 30.5 Å². The van der Waals surface area contributed by atoms with Gasteiger partial charge in [0.25, 0.3) is 0 Å². The van der Waals surface area contributed by atoms with E-state index in [1.165, 1.54) is 0 Å². The number of rotatable bonds is 5. The van der Waals surface area contributed by atoms with Gasteiger partial charge < -0.3 is 10.6 Å². The van der Waals surface area contributed by atoms with Crippen molar-refractivity contribution >= 4 is 17.5 Å². The monoisotopic (exact) mass is 268 g/mol. The summed E-state index contributed by atoms with van der Waals surface area (Å²) in [4.78, 5) is 4.33. The normalized spacial score (nSPS) is 11.4. The minimum atomic E-state index is 0.311. The second kappa shape index (κ2) is 6.48. The topological polar surface area (TPSA) is 86.5 Å². The maximum absolute atomic E-state index is 9.04. The van der Waals surface area contributed by atoms with Crippen LogP contribution in [-0.2, 0) is 0 Å². The summed E-state index contributed by atoms with van der Waals surface area (Å²) in [6, 6.07) is 9.62. The van der Waals surface area contributed by atoms with Crippen molar-refractivity contribution in [1.82, 2.24) is 15.2 Å². The first-order chi connectivity index (χ1) is 9.72. The second-order valence-corrected chi connectivity index (χ2v) is 4.40. The number of aromatic nitrogens is 3. The minimum Gasteiger partial charge on any atom is -0.366 e. The highest BCUT2D eigenvalue weighted by atomic mass is 15.3. The van der Waals surface area contributed by atoms with Crippen LogP contribution in [0.4, 0.5) is 17.5 Å². The highest BCUT2D eigenvalue weighted by Crippen LogP contribution is 2.18. The molecular weight excluding hydrogens is 252 g/mol. The Bertz CT molecular complexity index is 619. The largest absolute Gasteiger partial charge is 0.366 e. The van der Waals surface area contributed by atoms with Crippen LogP contribution in [0, 0.1) is 11.3 Å². The SMILES string of the molecule is CCC(C)Nc1cnnc(Nc2ccccc2C#N)n1. The Hall–Kier alpha value is -2.68. The van der Waals surface area contributed by atoms with Gasteiger partial charge >= 0.3 is 0 Å². The van der Waals surface area contributed by atoms with E-state index in [4.69, 9.17) is 5.26 Å². The molecule has 0 aliphatic heterocycles. The summed E-state index contributed by atoms with van der Waals surface area (Å²) in [5.41, 5.74) is 1.20. The van der Waals surface area contributed by atoms with Crippen molar-refractivity contribution in [2.24, 2.45) is 0 Å². The fourth-order valence-corrected chi connectivity index (χ4v) is 1.59. The van der Waals surface area contributed by atoms with Gasteiger partial charge in [-0.15, -0.1) is 5.10 Å². The Labute approximate surface area is 117 Å². The van der Waals surface area contributed by atoms with E-state index in [0.29, 0.717) is 29.1 Å². The maximum atomic E-state index is 9.04. The lowest BCUT2D eigenvalue weighted by molar-refractivity contribution is 0.755. The van der Waals surface area contributed by atoms with E-state index < -0.39 is 0 Å². The van der Waals surface area contributed by atoms with Crippen molar-refractivity contribution in [1.29, 1.82) is 5.26 Å². The molecule has 102 valence electrons. The fourth-order valence-electron chi connectivity index (χ4n) is 1.59. The Morgan fingerprint density at radius 3 is 2.90 bits per heavy atom. The molecule has 0 saturated heterocycles. The Balaban J connectivity index is 2.18. The molecule has 0 spiro atoms. The van der Waals surface area contributed by atoms with E-state index in [1.54, 1.807) is 18.3 Å². The standard InChI is InChI=1S/C14H16N6/c1-3-10(2)17-13-9-16-20-14(19-13)18-12-7-5-4-6-11(12)8-15/h4-7,9-10H,3H2,1-2H3,(H2,17,18,19,20). The van der Waals surface area contributed by atoms with Gasteiger partial charge in [-0.3, -0.25) is 0 Å². The molecule has 0 saturated carbocycles. The van der Waals surface area contributed by atoms with Gasteiger partial charge in [-0.1, -0.05) is 19.1 Å². The number of hydrogen-bond acceptors (Lipinski definition) is 6. The summed E-state index contributed by atoms with van der Waals surface area (Å²) in [6.45, 7) is 4.16. The number of anilines is 3. The molecule has 1 aromatic heterocycles. The smallest absolute Gasteiger partial charge is 0.249 e. The molecule has 20 heavy (non-hydrogen) atoms. The number of para-hydroxylation sites is 1. The molecule has 0 fully saturated rings. The van der Waals surface area contributed by atoms with E-state index in [-0.39, 0.29) is 0 Å². The molecule has 1 aromatic carbocycles. The van der Waals surface area contributed by atoms with Crippen LogP contribution in [0.25, 0.3) is 0 Å². The van der Waals surface area contributed by atoms with E-state index in [1.807, 2.05) is 12.1 Å². The van der Waals surface area contributed by atoms with Gasteiger partial charge in [0.1, 0.15) is 6.07 Å². The van der Waals surface area contributed by atoms with Crippen molar-refractivity contribution in [3.8, 4) is 6.07 Å². The number of nitrogens with one attached hydrogen (secondary N) is 2.